The molecule has 1 rings (SSSR count). The molecule has 0 aliphatic heterocycles. The highest BCUT2D eigenvalue weighted by Crippen LogP contribution is 2.20. The van der Waals surface area contributed by atoms with Gasteiger partial charge >= 0.3 is 0 Å². The van der Waals surface area contributed by atoms with E-state index in [0.29, 0.717) is 10.8 Å². The van der Waals surface area contributed by atoms with Crippen LogP contribution in [0.2, 0.25) is 0 Å². The molecule has 0 bridgehead atoms. The predicted octanol–water partition coefficient (Wildman–Crippen LogP) is 1.28. The average molecular weight is 181 g/mol. The zero-order chi connectivity index (χ0) is 9.14. The molecule has 0 saturated heterocycles. The Kier molecular flexibility index (Phi) is 2.41. The van der Waals surface area contributed by atoms with Crippen molar-refractivity contribution in [2.24, 2.45) is 0 Å². The molecule has 0 unspecified atom stereocenters. The summed E-state index contributed by atoms with van der Waals surface area (Å²) in [7, 11) is 0. The van der Waals surface area contributed by atoms with Gasteiger partial charge in [-0.25, -0.2) is 4.98 Å². The molecule has 0 aliphatic rings. The zero-order valence-corrected chi connectivity index (χ0v) is 7.53. The Labute approximate surface area is 73.9 Å². The number of nitriles is 1. The molecule has 0 aromatic carbocycles. The molecule has 62 valence electrons. The summed E-state index contributed by atoms with van der Waals surface area (Å²) in [5.74, 6) is -0.173. The predicted molar refractivity (Wildman–Crippen MR) is 45.9 cm³/mol. The lowest BCUT2D eigenvalue weighted by molar-refractivity contribution is -0.114. The second-order valence-corrected chi connectivity index (χ2v) is 3.42. The van der Waals surface area contributed by atoms with Crippen LogP contribution in [0.25, 0.3) is 0 Å². The molecular weight excluding hydrogens is 174 g/mol. The van der Waals surface area contributed by atoms with Gasteiger partial charge in [0.15, 0.2) is 10.8 Å². The van der Waals surface area contributed by atoms with E-state index in [1.807, 2.05) is 6.07 Å². The van der Waals surface area contributed by atoms with Gasteiger partial charge in [0.25, 0.3) is 0 Å². The first-order valence-electron chi connectivity index (χ1n) is 3.28. The van der Waals surface area contributed by atoms with Crippen molar-refractivity contribution in [2.45, 2.75) is 13.8 Å². The highest BCUT2D eigenvalue weighted by Gasteiger charge is 2.06. The summed E-state index contributed by atoms with van der Waals surface area (Å²) in [5, 5.41) is 11.5. The van der Waals surface area contributed by atoms with Crippen molar-refractivity contribution in [2.75, 3.05) is 5.32 Å². The molecule has 1 amide bonds. The minimum absolute atomic E-state index is 0.173. The first kappa shape index (κ1) is 8.68. The van der Waals surface area contributed by atoms with Crippen molar-refractivity contribution in [1.29, 1.82) is 5.26 Å². The van der Waals surface area contributed by atoms with Crippen LogP contribution in [0.5, 0.6) is 0 Å². The third kappa shape index (κ3) is 1.80. The summed E-state index contributed by atoms with van der Waals surface area (Å²) in [5.41, 5.74) is 0.378. The summed E-state index contributed by atoms with van der Waals surface area (Å²) < 4.78 is 0. The standard InChI is InChI=1S/C7H7N3OS/c1-4-6(3-8)10-7(12-4)9-5(2)11/h1-2H3,(H,9,10,11). The van der Waals surface area contributed by atoms with E-state index in [1.54, 1.807) is 6.92 Å². The van der Waals surface area contributed by atoms with Crippen LogP contribution < -0.4 is 5.32 Å². The number of amides is 1. The van der Waals surface area contributed by atoms with Crippen LogP contribution in [0.1, 0.15) is 17.5 Å². The second kappa shape index (κ2) is 3.32. The molecule has 0 spiro atoms. The van der Waals surface area contributed by atoms with Gasteiger partial charge in [-0.1, -0.05) is 0 Å². The second-order valence-electron chi connectivity index (χ2n) is 2.22. The highest BCUT2D eigenvalue weighted by atomic mass is 32.1. The smallest absolute Gasteiger partial charge is 0.223 e. The first-order chi connectivity index (χ1) is 5.63. The number of aryl methyl sites for hydroxylation is 1. The van der Waals surface area contributed by atoms with Crippen LogP contribution in [0.4, 0.5) is 5.13 Å². The molecule has 1 aromatic rings. The monoisotopic (exact) mass is 181 g/mol. The van der Waals surface area contributed by atoms with Gasteiger partial charge < -0.3 is 5.32 Å². The third-order valence-corrected chi connectivity index (χ3v) is 2.07. The number of carbonyl (C=O) groups excluding carboxylic acids is 1. The number of thiazole rings is 1. The zero-order valence-electron chi connectivity index (χ0n) is 6.71. The van der Waals surface area contributed by atoms with E-state index in [4.69, 9.17) is 5.26 Å². The molecule has 0 fully saturated rings. The number of anilines is 1. The van der Waals surface area contributed by atoms with Gasteiger partial charge in [0.1, 0.15) is 6.07 Å². The molecule has 0 atom stereocenters. The van der Waals surface area contributed by atoms with Crippen LogP contribution in [-0.2, 0) is 4.79 Å². The summed E-state index contributed by atoms with van der Waals surface area (Å²) in [6.45, 7) is 3.20. The fourth-order valence-electron chi connectivity index (χ4n) is 0.704. The Morgan fingerprint density at radius 3 is 2.83 bits per heavy atom. The van der Waals surface area contributed by atoms with E-state index in [9.17, 15) is 4.79 Å². The Morgan fingerprint density at radius 1 is 1.75 bits per heavy atom. The fraction of sp³-hybridized carbons (Fsp3) is 0.286. The van der Waals surface area contributed by atoms with E-state index in [2.05, 4.69) is 10.3 Å². The van der Waals surface area contributed by atoms with Crippen molar-refractivity contribution < 1.29 is 4.79 Å². The molecule has 1 heterocycles. The lowest BCUT2D eigenvalue weighted by Gasteiger charge is -1.91. The maximum Gasteiger partial charge on any atom is 0.223 e. The lowest BCUT2D eigenvalue weighted by Crippen LogP contribution is -2.04. The van der Waals surface area contributed by atoms with Gasteiger partial charge in [-0.3, -0.25) is 4.79 Å². The number of hydrogen-bond acceptors (Lipinski definition) is 4. The Morgan fingerprint density at radius 2 is 2.42 bits per heavy atom. The SMILES string of the molecule is CC(=O)Nc1nc(C#N)c(C)s1. The van der Waals surface area contributed by atoms with Crippen LogP contribution in [0, 0.1) is 18.3 Å². The largest absolute Gasteiger partial charge is 0.302 e. The summed E-state index contributed by atoms with van der Waals surface area (Å²) >= 11 is 1.30. The third-order valence-electron chi connectivity index (χ3n) is 1.19. The van der Waals surface area contributed by atoms with Crippen LogP contribution in [-0.4, -0.2) is 10.9 Å². The fourth-order valence-corrected chi connectivity index (χ4v) is 1.51. The van der Waals surface area contributed by atoms with Crippen LogP contribution in [0.15, 0.2) is 0 Å². The number of rotatable bonds is 1. The van der Waals surface area contributed by atoms with Crippen LogP contribution >= 0.6 is 11.3 Å². The molecule has 12 heavy (non-hydrogen) atoms. The first-order valence-corrected chi connectivity index (χ1v) is 4.10. The van der Waals surface area contributed by atoms with Crippen molar-refractivity contribution >= 4 is 22.4 Å². The number of carbonyl (C=O) groups is 1. The summed E-state index contributed by atoms with van der Waals surface area (Å²) in [6, 6.07) is 1.94. The van der Waals surface area contributed by atoms with Crippen molar-refractivity contribution in [3.05, 3.63) is 10.6 Å². The van der Waals surface area contributed by atoms with E-state index in [0.717, 1.165) is 4.88 Å². The Balaban J connectivity index is 2.91. The minimum atomic E-state index is -0.173. The number of hydrogen-bond donors (Lipinski definition) is 1. The van der Waals surface area contributed by atoms with Gasteiger partial charge in [-0.15, -0.1) is 11.3 Å². The molecule has 1 N–H and O–H groups in total. The quantitative estimate of drug-likeness (QED) is 0.709. The van der Waals surface area contributed by atoms with E-state index < -0.39 is 0 Å². The molecule has 0 radical (unpaired) electrons. The maximum absolute atomic E-state index is 10.6. The van der Waals surface area contributed by atoms with Gasteiger partial charge in [0.05, 0.1) is 0 Å². The summed E-state index contributed by atoms with van der Waals surface area (Å²) in [6.07, 6.45) is 0. The van der Waals surface area contributed by atoms with E-state index >= 15 is 0 Å². The van der Waals surface area contributed by atoms with E-state index in [-0.39, 0.29) is 5.91 Å². The molecule has 5 heteroatoms. The van der Waals surface area contributed by atoms with Gasteiger partial charge in [0, 0.05) is 11.8 Å². The topological polar surface area (TPSA) is 65.8 Å². The summed E-state index contributed by atoms with van der Waals surface area (Å²) in [4.78, 5) is 15.3. The van der Waals surface area contributed by atoms with Crippen molar-refractivity contribution in [1.82, 2.24) is 4.98 Å². The number of nitrogens with one attached hydrogen (secondary N) is 1. The Bertz CT molecular complexity index is 350. The molecule has 4 nitrogen and oxygen atoms in total. The van der Waals surface area contributed by atoms with E-state index in [1.165, 1.54) is 18.3 Å². The van der Waals surface area contributed by atoms with Crippen LogP contribution in [0.3, 0.4) is 0 Å². The highest BCUT2D eigenvalue weighted by molar-refractivity contribution is 7.15. The molecule has 0 aliphatic carbocycles. The number of aromatic nitrogens is 1. The normalized spacial score (nSPS) is 9.08. The molecular formula is C7H7N3OS. The minimum Gasteiger partial charge on any atom is -0.302 e. The van der Waals surface area contributed by atoms with Crippen molar-refractivity contribution in [3.8, 4) is 6.07 Å². The van der Waals surface area contributed by atoms with Gasteiger partial charge in [-0.2, -0.15) is 5.26 Å². The lowest BCUT2D eigenvalue weighted by atomic mass is 10.4. The van der Waals surface area contributed by atoms with Crippen molar-refractivity contribution in [3.63, 3.8) is 0 Å². The molecule has 0 saturated carbocycles. The molecule has 1 aromatic heterocycles. The van der Waals surface area contributed by atoms with Gasteiger partial charge in [0.2, 0.25) is 5.91 Å². The average Bonchev–Trinajstić information content (AvgIpc) is 2.29. The van der Waals surface area contributed by atoms with Gasteiger partial charge in [-0.05, 0) is 6.92 Å². The Hall–Kier alpha value is -1.41. The maximum atomic E-state index is 10.6. The number of nitrogens with zero attached hydrogens (tertiary/aromatic N) is 2.